The van der Waals surface area contributed by atoms with E-state index < -0.39 is 0 Å². The Morgan fingerprint density at radius 3 is 2.00 bits per heavy atom. The first-order valence-electron chi connectivity index (χ1n) is 4.44. The summed E-state index contributed by atoms with van der Waals surface area (Å²) in [6.07, 6.45) is 1.81. The van der Waals surface area contributed by atoms with E-state index in [9.17, 15) is 4.79 Å². The van der Waals surface area contributed by atoms with Crippen LogP contribution in [0.2, 0.25) is 0 Å². The van der Waals surface area contributed by atoms with Gasteiger partial charge in [0.05, 0.1) is 13.2 Å². The molecule has 13 heavy (non-hydrogen) atoms. The van der Waals surface area contributed by atoms with Crippen molar-refractivity contribution in [1.29, 1.82) is 0 Å². The second kappa shape index (κ2) is 8.01. The molecule has 0 saturated carbocycles. The molecule has 1 aliphatic rings. The summed E-state index contributed by atoms with van der Waals surface area (Å²) in [5.41, 5.74) is 0. The number of hydrogen-bond donors (Lipinski definition) is 0. The highest BCUT2D eigenvalue weighted by atomic mass is 16.5. The predicted octanol–water partition coefficient (Wildman–Crippen LogP) is 0.518. The molecule has 0 aliphatic carbocycles. The van der Waals surface area contributed by atoms with E-state index >= 15 is 0 Å². The van der Waals surface area contributed by atoms with Crippen LogP contribution in [0.15, 0.2) is 0 Å². The van der Waals surface area contributed by atoms with Gasteiger partial charge in [0.1, 0.15) is 0 Å². The molecule has 0 radical (unpaired) electrons. The third-order valence-corrected chi connectivity index (χ3v) is 1.80. The molecular weight excluding hydrogens is 170 g/mol. The highest BCUT2D eigenvalue weighted by Crippen LogP contribution is 2.04. The zero-order valence-corrected chi connectivity index (χ0v) is 8.71. The van der Waals surface area contributed by atoms with Gasteiger partial charge in [-0.3, -0.25) is 4.79 Å². The molecule has 0 N–H and O–H groups in total. The molecule has 4 nitrogen and oxygen atoms in total. The Labute approximate surface area is 79.8 Å². The molecule has 4 heteroatoms. The van der Waals surface area contributed by atoms with Crippen LogP contribution in [0.3, 0.4) is 0 Å². The first-order chi connectivity index (χ1) is 6.22. The summed E-state index contributed by atoms with van der Waals surface area (Å²) >= 11 is 0. The van der Waals surface area contributed by atoms with Gasteiger partial charge in [-0.1, -0.05) is 0 Å². The van der Waals surface area contributed by atoms with Crippen LogP contribution >= 0.6 is 0 Å². The van der Waals surface area contributed by atoms with E-state index in [1.807, 2.05) is 7.05 Å². The van der Waals surface area contributed by atoms with Crippen molar-refractivity contribution in [3.05, 3.63) is 0 Å². The lowest BCUT2D eigenvalue weighted by Crippen LogP contribution is -2.17. The van der Waals surface area contributed by atoms with Crippen LogP contribution < -0.4 is 0 Å². The monoisotopic (exact) mass is 189 g/mol. The van der Waals surface area contributed by atoms with Crippen molar-refractivity contribution in [1.82, 2.24) is 4.90 Å². The van der Waals surface area contributed by atoms with Crippen molar-refractivity contribution >= 4 is 5.91 Å². The van der Waals surface area contributed by atoms with Gasteiger partial charge in [0.2, 0.25) is 5.91 Å². The topological polar surface area (TPSA) is 38.8 Å². The second-order valence-electron chi connectivity index (χ2n) is 2.90. The number of carbonyl (C=O) groups is 1. The van der Waals surface area contributed by atoms with Crippen LogP contribution in [-0.2, 0) is 14.3 Å². The minimum atomic E-state index is 0.292. The Hall–Kier alpha value is -0.610. The maximum Gasteiger partial charge on any atom is 0.222 e. The predicted molar refractivity (Wildman–Crippen MR) is 50.6 cm³/mol. The van der Waals surface area contributed by atoms with E-state index in [2.05, 4.69) is 9.47 Å². The number of ether oxygens (including phenoxy) is 2. The van der Waals surface area contributed by atoms with Crippen molar-refractivity contribution in [2.75, 3.05) is 41.0 Å². The number of rotatable bonds is 3. The number of carbonyl (C=O) groups excluding carboxylic acids is 1. The van der Waals surface area contributed by atoms with Gasteiger partial charge in [0, 0.05) is 34.2 Å². The lowest BCUT2D eigenvalue weighted by Gasteiger charge is -2.03. The van der Waals surface area contributed by atoms with Gasteiger partial charge in [-0.15, -0.1) is 0 Å². The van der Waals surface area contributed by atoms with Crippen molar-refractivity contribution in [2.24, 2.45) is 0 Å². The third-order valence-electron chi connectivity index (χ3n) is 1.80. The molecule has 0 atom stereocenters. The van der Waals surface area contributed by atoms with E-state index in [1.165, 1.54) is 0 Å². The molecule has 1 amide bonds. The minimum Gasteiger partial charge on any atom is -0.382 e. The average Bonchev–Trinajstić information content (AvgIpc) is 2.49. The van der Waals surface area contributed by atoms with Crippen LogP contribution in [0.5, 0.6) is 0 Å². The van der Waals surface area contributed by atoms with Gasteiger partial charge in [0.25, 0.3) is 0 Å². The van der Waals surface area contributed by atoms with Gasteiger partial charge in [0.15, 0.2) is 0 Å². The Bertz CT molecular complexity index is 135. The van der Waals surface area contributed by atoms with Gasteiger partial charge >= 0.3 is 0 Å². The molecule has 0 unspecified atom stereocenters. The lowest BCUT2D eigenvalue weighted by molar-refractivity contribution is -0.126. The van der Waals surface area contributed by atoms with E-state index in [1.54, 1.807) is 19.1 Å². The fourth-order valence-corrected chi connectivity index (χ4v) is 0.950. The molecule has 78 valence electrons. The van der Waals surface area contributed by atoms with Gasteiger partial charge < -0.3 is 14.4 Å². The molecule has 0 bridgehead atoms. The van der Waals surface area contributed by atoms with Crippen LogP contribution in [0.25, 0.3) is 0 Å². The molecular formula is C9H19NO3. The zero-order chi connectivity index (χ0) is 10.1. The third kappa shape index (κ3) is 6.54. The first kappa shape index (κ1) is 12.4. The zero-order valence-electron chi connectivity index (χ0n) is 8.71. The summed E-state index contributed by atoms with van der Waals surface area (Å²) < 4.78 is 9.31. The molecule has 0 aromatic rings. The molecule has 1 saturated heterocycles. The largest absolute Gasteiger partial charge is 0.382 e. The highest BCUT2D eigenvalue weighted by molar-refractivity contribution is 5.77. The summed E-state index contributed by atoms with van der Waals surface area (Å²) in [7, 11) is 5.15. The summed E-state index contributed by atoms with van der Waals surface area (Å²) in [4.78, 5) is 12.3. The number of likely N-dealkylation sites (tertiary alicyclic amines) is 1. The molecule has 1 heterocycles. The van der Waals surface area contributed by atoms with Crippen molar-refractivity contribution in [3.8, 4) is 0 Å². The highest BCUT2D eigenvalue weighted by Gasteiger charge is 2.14. The fourth-order valence-electron chi connectivity index (χ4n) is 0.950. The SMILES string of the molecule is CN1CCCC1=O.COCCOC. The Morgan fingerprint density at radius 2 is 1.85 bits per heavy atom. The van der Waals surface area contributed by atoms with Crippen LogP contribution in [-0.4, -0.2) is 51.8 Å². The number of hydrogen-bond acceptors (Lipinski definition) is 3. The standard InChI is InChI=1S/C5H9NO.C4H10O2/c1-6-4-2-3-5(6)7;1-5-3-4-6-2/h2-4H2,1H3;3-4H2,1-2H3. The molecule has 1 fully saturated rings. The summed E-state index contributed by atoms with van der Waals surface area (Å²) in [5, 5.41) is 0. The quantitative estimate of drug-likeness (QED) is 0.607. The van der Waals surface area contributed by atoms with Crippen LogP contribution in [0.4, 0.5) is 0 Å². The van der Waals surface area contributed by atoms with Crippen molar-refractivity contribution in [3.63, 3.8) is 0 Å². The lowest BCUT2D eigenvalue weighted by atomic mass is 10.4. The molecule has 1 aliphatic heterocycles. The van der Waals surface area contributed by atoms with Crippen LogP contribution in [0, 0.1) is 0 Å². The Balaban J connectivity index is 0.000000226. The second-order valence-corrected chi connectivity index (χ2v) is 2.90. The average molecular weight is 189 g/mol. The molecule has 0 spiro atoms. The molecule has 1 rings (SSSR count). The molecule has 0 aromatic heterocycles. The van der Waals surface area contributed by atoms with E-state index in [0.717, 1.165) is 19.4 Å². The van der Waals surface area contributed by atoms with Crippen molar-refractivity contribution < 1.29 is 14.3 Å². The Kier molecular flexibility index (Phi) is 7.63. The van der Waals surface area contributed by atoms with Gasteiger partial charge in [-0.05, 0) is 6.42 Å². The Morgan fingerprint density at radius 1 is 1.31 bits per heavy atom. The van der Waals surface area contributed by atoms with Crippen molar-refractivity contribution in [2.45, 2.75) is 12.8 Å². The number of amides is 1. The van der Waals surface area contributed by atoms with Gasteiger partial charge in [-0.25, -0.2) is 0 Å². The summed E-state index contributed by atoms with van der Waals surface area (Å²) in [6, 6.07) is 0. The minimum absolute atomic E-state index is 0.292. The smallest absolute Gasteiger partial charge is 0.222 e. The summed E-state index contributed by atoms with van der Waals surface area (Å²) in [6.45, 7) is 2.34. The van der Waals surface area contributed by atoms with Gasteiger partial charge in [-0.2, -0.15) is 0 Å². The van der Waals surface area contributed by atoms with E-state index in [-0.39, 0.29) is 0 Å². The maximum absolute atomic E-state index is 10.5. The van der Waals surface area contributed by atoms with E-state index in [4.69, 9.17) is 0 Å². The normalized spacial score (nSPS) is 15.6. The maximum atomic E-state index is 10.5. The molecule has 0 aromatic carbocycles. The fraction of sp³-hybridized carbons (Fsp3) is 0.889. The van der Waals surface area contributed by atoms with E-state index in [0.29, 0.717) is 19.1 Å². The number of nitrogens with zero attached hydrogens (tertiary/aromatic N) is 1. The summed E-state index contributed by atoms with van der Waals surface area (Å²) in [5.74, 6) is 0.292. The van der Waals surface area contributed by atoms with Crippen LogP contribution in [0.1, 0.15) is 12.8 Å². The first-order valence-corrected chi connectivity index (χ1v) is 4.44. The number of methoxy groups -OCH3 is 2.